The van der Waals surface area contributed by atoms with Gasteiger partial charge in [-0.25, -0.2) is 0 Å². The van der Waals surface area contributed by atoms with Crippen LogP contribution in [0.1, 0.15) is 38.3 Å². The van der Waals surface area contributed by atoms with Gasteiger partial charge in [0.05, 0.1) is 16.2 Å². The van der Waals surface area contributed by atoms with Crippen molar-refractivity contribution in [3.63, 3.8) is 0 Å². The normalized spacial score (nSPS) is 9.00. The Morgan fingerprint density at radius 3 is 1.26 bits per heavy atom. The number of para-hydroxylation sites is 2. The van der Waals surface area contributed by atoms with Crippen molar-refractivity contribution in [2.45, 2.75) is 27.2 Å². The van der Waals surface area contributed by atoms with Gasteiger partial charge in [0.25, 0.3) is 0 Å². The van der Waals surface area contributed by atoms with Crippen molar-refractivity contribution in [3.05, 3.63) is 90.3 Å². The van der Waals surface area contributed by atoms with Gasteiger partial charge >= 0.3 is 17.1 Å². The van der Waals surface area contributed by atoms with Gasteiger partial charge in [-0.3, -0.25) is 9.98 Å². The van der Waals surface area contributed by atoms with Gasteiger partial charge in [-0.15, -0.1) is 0 Å². The minimum absolute atomic E-state index is 0. The van der Waals surface area contributed by atoms with Gasteiger partial charge in [0.1, 0.15) is 0 Å². The zero-order valence-electron chi connectivity index (χ0n) is 20.4. The molecule has 2 aromatic carbocycles. The number of rotatable bonds is 6. The van der Waals surface area contributed by atoms with Crippen LogP contribution in [-0.4, -0.2) is 34.7 Å². The van der Waals surface area contributed by atoms with Crippen LogP contribution in [0, 0.1) is 73.1 Å². The van der Waals surface area contributed by atoms with Crippen LogP contribution >= 0.6 is 0 Å². The predicted octanol–water partition coefficient (Wildman–Crippen LogP) is 2.35. The van der Waals surface area contributed by atoms with E-state index in [4.69, 9.17) is 35.9 Å². The van der Waals surface area contributed by atoms with Crippen LogP contribution in [0.25, 0.3) is 0 Å². The van der Waals surface area contributed by atoms with E-state index < -0.39 is 10.2 Å². The Hall–Kier alpha value is -3.24. The molecule has 0 unspecified atom stereocenters. The van der Waals surface area contributed by atoms with Crippen LogP contribution in [-0.2, 0) is 28.0 Å². The molecular weight excluding hydrogens is 784 g/mol. The maximum Gasteiger partial charge on any atom is 2.00 e. The van der Waals surface area contributed by atoms with Crippen molar-refractivity contribution in [1.29, 1.82) is 5.26 Å². The molecule has 2 aromatic rings. The van der Waals surface area contributed by atoms with E-state index in [1.54, 1.807) is 42.5 Å². The Bertz CT molecular complexity index is 938. The summed E-state index contributed by atoms with van der Waals surface area (Å²) in [5, 5.41) is 60.2. The Kier molecular flexibility index (Phi) is 37.8. The van der Waals surface area contributed by atoms with E-state index in [1.807, 2.05) is 26.0 Å². The van der Waals surface area contributed by atoms with Gasteiger partial charge < -0.3 is 51.8 Å². The monoisotopic (exact) mass is 806 g/mol. The first kappa shape index (κ1) is 47.9. The van der Waals surface area contributed by atoms with Gasteiger partial charge in [-0.05, 0) is 31.4 Å². The van der Waals surface area contributed by atoms with Crippen molar-refractivity contribution in [3.8, 4) is 17.6 Å². The van der Waals surface area contributed by atoms with E-state index in [0.29, 0.717) is 24.2 Å². The second kappa shape index (κ2) is 30.0. The molecule has 0 aromatic heterocycles. The quantitative estimate of drug-likeness (QED) is 0.136. The van der Waals surface area contributed by atoms with E-state index in [1.165, 1.54) is 6.92 Å². The van der Waals surface area contributed by atoms with Crippen LogP contribution in [0.3, 0.4) is 0 Å². The van der Waals surface area contributed by atoms with Gasteiger partial charge in [-0.1, -0.05) is 60.0 Å². The predicted molar refractivity (Wildman–Crippen MR) is 124 cm³/mol. The zero-order chi connectivity index (χ0) is 26.5. The third-order valence-corrected chi connectivity index (χ3v) is 3.57. The second-order valence-corrected chi connectivity index (χ2v) is 5.95. The summed E-state index contributed by atoms with van der Waals surface area (Å²) in [6.45, 7) is 6.34. The van der Waals surface area contributed by atoms with Crippen LogP contribution < -0.4 is 10.2 Å². The first-order chi connectivity index (χ1) is 16.0. The molecule has 0 aliphatic rings. The van der Waals surface area contributed by atoms with Crippen molar-refractivity contribution < 1.29 is 79.5 Å². The molecule has 0 amide bonds. The summed E-state index contributed by atoms with van der Waals surface area (Å²) in [6, 6.07) is 15.5. The van der Waals surface area contributed by atoms with E-state index in [0.717, 1.165) is 17.8 Å². The van der Waals surface area contributed by atoms with Gasteiger partial charge in [0.15, 0.2) is 0 Å². The Balaban J connectivity index is -0.000000147. The standard InChI is InChI=1S/C19H22N2O2.C2H3N.Cu.2NO3.2O.U/c1-14(16-8-3-5-10-18(16)22)20-12-7-13-21-15(2)17-9-4-6-11-19(17)23;1-2-3;;2*2-1(3)4;;;/h3-6,8-11,22-23H,7,12-13H2,1-2H3;1H3;;;;;;/q;;+2;2*-1;2*-2;/p-2. The minimum atomic E-state index is -1.75. The van der Waals surface area contributed by atoms with Crippen LogP contribution in [0.4, 0.5) is 0 Å². The third-order valence-electron chi connectivity index (χ3n) is 3.57. The molecule has 38 heavy (non-hydrogen) atoms. The summed E-state index contributed by atoms with van der Waals surface area (Å²) in [5.74, 6) is -0.00987. The summed E-state index contributed by atoms with van der Waals surface area (Å²) in [6.07, 6.45) is 0.775. The number of benzene rings is 2. The minimum Gasteiger partial charge on any atom is -2.00 e. The molecule has 0 fully saturated rings. The van der Waals surface area contributed by atoms with Crippen molar-refractivity contribution in [2.75, 3.05) is 13.1 Å². The maximum atomic E-state index is 11.7. The molecule has 0 saturated heterocycles. The molecule has 0 bridgehead atoms. The van der Waals surface area contributed by atoms with Crippen LogP contribution in [0.2, 0.25) is 0 Å². The smallest absolute Gasteiger partial charge is 2.00 e. The molecule has 0 spiro atoms. The molecule has 0 aliphatic heterocycles. The maximum absolute atomic E-state index is 11.7. The summed E-state index contributed by atoms with van der Waals surface area (Å²) >= 11 is 0. The summed E-state index contributed by atoms with van der Waals surface area (Å²) in [5.41, 5.74) is 2.79. The fourth-order valence-corrected chi connectivity index (χ4v) is 2.27. The summed E-state index contributed by atoms with van der Waals surface area (Å²) in [4.78, 5) is 25.4. The van der Waals surface area contributed by atoms with Crippen LogP contribution in [0.5, 0.6) is 11.5 Å². The molecule has 0 heterocycles. The molecule has 17 heteroatoms. The first-order valence-corrected chi connectivity index (χ1v) is 9.46. The number of hydrogen-bond donors (Lipinski definition) is 0. The molecular formula is C21H23CuN5O10U-6. The molecule has 2 rings (SSSR count). The SMILES string of the molecule is CC#N.CC(=NCCCN=C(C)c1ccccc1[O-])c1ccccc1[O-].O=[N+]([O-])[O-].O=[N+]([O-])[O-].[Cu+2].[O-2].[O-2].[U]. The topological polar surface area (TPSA) is 284 Å². The molecule has 0 saturated carbocycles. The number of nitrogens with zero attached hydrogens (tertiary/aromatic N) is 5. The van der Waals surface area contributed by atoms with Crippen molar-refractivity contribution in [2.24, 2.45) is 9.98 Å². The second-order valence-electron chi connectivity index (χ2n) is 5.95. The molecule has 0 aliphatic carbocycles. The van der Waals surface area contributed by atoms with E-state index in [2.05, 4.69) is 9.98 Å². The zero-order valence-corrected chi connectivity index (χ0v) is 25.5. The van der Waals surface area contributed by atoms with Gasteiger partial charge in [0, 0.05) is 62.5 Å². The molecule has 15 nitrogen and oxygen atoms in total. The van der Waals surface area contributed by atoms with Gasteiger partial charge in [-0.2, -0.15) is 5.26 Å². The molecule has 213 valence electrons. The van der Waals surface area contributed by atoms with Crippen molar-refractivity contribution in [1.82, 2.24) is 0 Å². The Morgan fingerprint density at radius 1 is 0.789 bits per heavy atom. The summed E-state index contributed by atoms with van der Waals surface area (Å²) in [7, 11) is 0. The largest absolute Gasteiger partial charge is 2.00 e. The Morgan fingerprint density at radius 2 is 1.03 bits per heavy atom. The van der Waals surface area contributed by atoms with E-state index in [9.17, 15) is 10.2 Å². The molecule has 0 N–H and O–H groups in total. The van der Waals surface area contributed by atoms with E-state index >= 15 is 0 Å². The Labute approximate surface area is 253 Å². The fourth-order valence-electron chi connectivity index (χ4n) is 2.27. The van der Waals surface area contributed by atoms with Gasteiger partial charge in [0.2, 0.25) is 0 Å². The number of aliphatic imine (C=N–C) groups is 2. The summed E-state index contributed by atoms with van der Waals surface area (Å²) < 4.78 is 0. The number of hydrogen-bond acceptors (Lipinski definition) is 11. The fraction of sp³-hybridized carbons (Fsp3) is 0.286. The van der Waals surface area contributed by atoms with E-state index in [-0.39, 0.29) is 70.6 Å². The number of nitriles is 1. The average Bonchev–Trinajstić information content (AvgIpc) is 2.73. The molecule has 1 radical (unpaired) electrons. The third kappa shape index (κ3) is 27.4. The van der Waals surface area contributed by atoms with Crippen molar-refractivity contribution >= 4 is 11.4 Å². The molecule has 0 atom stereocenters. The first-order valence-electron chi connectivity index (χ1n) is 9.46. The average molecular weight is 807 g/mol. The van der Waals surface area contributed by atoms with Crippen LogP contribution in [0.15, 0.2) is 58.5 Å².